The van der Waals surface area contributed by atoms with Crippen LogP contribution in [-0.4, -0.2) is 56.2 Å². The molecule has 0 saturated carbocycles. The van der Waals surface area contributed by atoms with Gasteiger partial charge >= 0.3 is 10.2 Å². The van der Waals surface area contributed by atoms with Gasteiger partial charge in [-0.05, 0) is 48.4 Å². The lowest BCUT2D eigenvalue weighted by Gasteiger charge is -2.25. The molecule has 0 radical (unpaired) electrons. The van der Waals surface area contributed by atoms with Crippen molar-refractivity contribution in [2.45, 2.75) is 12.5 Å². The molecule has 1 aliphatic heterocycles. The molecule has 0 bridgehead atoms. The van der Waals surface area contributed by atoms with Gasteiger partial charge in [-0.25, -0.2) is 17.7 Å². The molecule has 0 aliphatic carbocycles. The second-order valence-electron chi connectivity index (χ2n) is 7.86. The molecular weight excluding hydrogens is 500 g/mol. The Labute approximate surface area is 204 Å². The van der Waals surface area contributed by atoms with Crippen LogP contribution in [0.25, 0.3) is 0 Å². The molecule has 1 unspecified atom stereocenters. The molecule has 180 valence electrons. The third kappa shape index (κ3) is 5.66. The molecule has 9 nitrogen and oxygen atoms in total. The molecule has 2 aromatic carbocycles. The predicted molar refractivity (Wildman–Crippen MR) is 130 cm³/mol. The number of rotatable bonds is 8. The van der Waals surface area contributed by atoms with Gasteiger partial charge in [0.2, 0.25) is 5.88 Å². The van der Waals surface area contributed by atoms with Crippen LogP contribution in [0.5, 0.6) is 11.6 Å². The van der Waals surface area contributed by atoms with Crippen molar-refractivity contribution in [2.24, 2.45) is 0 Å². The third-order valence-corrected chi connectivity index (χ3v) is 8.47. The summed E-state index contributed by atoms with van der Waals surface area (Å²) in [7, 11) is -7.12. The number of nitrogens with zero attached hydrogens (tertiary/aromatic N) is 4. The van der Waals surface area contributed by atoms with Crippen molar-refractivity contribution in [1.82, 2.24) is 14.3 Å². The van der Waals surface area contributed by atoms with Gasteiger partial charge in [-0.15, -0.1) is 0 Å². The number of halogens is 1. The molecule has 1 aromatic heterocycles. The highest BCUT2D eigenvalue weighted by Gasteiger charge is 2.44. The highest BCUT2D eigenvalue weighted by molar-refractivity contribution is 7.91. The second kappa shape index (κ2) is 9.87. The van der Waals surface area contributed by atoms with Gasteiger partial charge in [0.25, 0.3) is 0 Å². The molecule has 3 aromatic rings. The van der Waals surface area contributed by atoms with Gasteiger partial charge in [-0.3, -0.25) is 4.98 Å². The van der Waals surface area contributed by atoms with Crippen molar-refractivity contribution in [1.29, 1.82) is 0 Å². The van der Waals surface area contributed by atoms with E-state index < -0.39 is 26.1 Å². The van der Waals surface area contributed by atoms with Crippen molar-refractivity contribution in [3.63, 3.8) is 0 Å². The molecular formula is C22H23ClN4O5S2. The van der Waals surface area contributed by atoms with E-state index in [1.807, 2.05) is 6.07 Å². The SMILES string of the molecule is CS(=O)(=O)CCCN1CC(c2cccc(Oc3cnccn3)c2)N(c2ccc(Cl)cc2)S1(=O)=O. The van der Waals surface area contributed by atoms with Gasteiger partial charge in [-0.2, -0.15) is 12.7 Å². The van der Waals surface area contributed by atoms with E-state index in [4.69, 9.17) is 16.3 Å². The highest BCUT2D eigenvalue weighted by atomic mass is 35.5. The van der Waals surface area contributed by atoms with E-state index in [1.165, 1.54) is 27.2 Å². The van der Waals surface area contributed by atoms with E-state index in [9.17, 15) is 16.8 Å². The number of hydrogen-bond donors (Lipinski definition) is 0. The fraction of sp³-hybridized carbons (Fsp3) is 0.273. The van der Waals surface area contributed by atoms with E-state index in [2.05, 4.69) is 9.97 Å². The van der Waals surface area contributed by atoms with E-state index in [1.54, 1.807) is 42.5 Å². The summed E-state index contributed by atoms with van der Waals surface area (Å²) in [5, 5.41) is 0.487. The van der Waals surface area contributed by atoms with Crippen molar-refractivity contribution in [2.75, 3.05) is 29.4 Å². The normalized spacial score (nSPS) is 18.2. The largest absolute Gasteiger partial charge is 0.437 e. The standard InChI is InChI=1S/C22H23ClN4O5S2/c1-33(28,29)13-3-12-26-16-21(27(34(26,30)31)19-8-6-18(23)7-9-19)17-4-2-5-20(14-17)32-22-15-24-10-11-25-22/h2,4-11,14-15,21H,3,12-13,16H2,1H3. The smallest absolute Gasteiger partial charge is 0.304 e. The molecule has 0 spiro atoms. The molecule has 34 heavy (non-hydrogen) atoms. The van der Waals surface area contributed by atoms with Crippen LogP contribution in [0, 0.1) is 0 Å². The summed E-state index contributed by atoms with van der Waals surface area (Å²) >= 11 is 6.02. The van der Waals surface area contributed by atoms with Crippen LogP contribution in [-0.2, 0) is 20.0 Å². The summed E-state index contributed by atoms with van der Waals surface area (Å²) in [6.07, 6.45) is 5.87. The number of aromatic nitrogens is 2. The Bertz CT molecular complexity index is 1350. The minimum Gasteiger partial charge on any atom is -0.437 e. The van der Waals surface area contributed by atoms with Crippen LogP contribution in [0.1, 0.15) is 18.0 Å². The van der Waals surface area contributed by atoms with Crippen LogP contribution in [0.4, 0.5) is 5.69 Å². The fourth-order valence-electron chi connectivity index (χ4n) is 3.74. The molecule has 1 fully saturated rings. The van der Waals surface area contributed by atoms with Crippen molar-refractivity contribution < 1.29 is 21.6 Å². The maximum Gasteiger partial charge on any atom is 0.304 e. The molecule has 0 amide bonds. The Hall–Kier alpha value is -2.73. The lowest BCUT2D eigenvalue weighted by molar-refractivity contribution is 0.428. The summed E-state index contributed by atoms with van der Waals surface area (Å²) in [5.41, 5.74) is 1.17. The monoisotopic (exact) mass is 522 g/mol. The third-order valence-electron chi connectivity index (χ3n) is 5.24. The number of sulfone groups is 1. The van der Waals surface area contributed by atoms with E-state index >= 15 is 0 Å². The van der Waals surface area contributed by atoms with E-state index in [0.29, 0.717) is 27.9 Å². The van der Waals surface area contributed by atoms with E-state index in [0.717, 1.165) is 6.26 Å². The second-order valence-corrected chi connectivity index (χ2v) is 12.4. The number of hydrogen-bond acceptors (Lipinski definition) is 7. The lowest BCUT2D eigenvalue weighted by atomic mass is 10.1. The van der Waals surface area contributed by atoms with Gasteiger partial charge in [0.1, 0.15) is 15.6 Å². The topological polar surface area (TPSA) is 110 Å². The van der Waals surface area contributed by atoms with Crippen molar-refractivity contribution in [3.05, 3.63) is 77.7 Å². The Morgan fingerprint density at radius 3 is 2.59 bits per heavy atom. The van der Waals surface area contributed by atoms with Crippen LogP contribution in [0.3, 0.4) is 0 Å². The maximum absolute atomic E-state index is 13.5. The minimum absolute atomic E-state index is 0.0891. The Balaban J connectivity index is 1.67. The van der Waals surface area contributed by atoms with Crippen LogP contribution < -0.4 is 9.04 Å². The Morgan fingerprint density at radius 1 is 1.15 bits per heavy atom. The number of anilines is 1. The van der Waals surface area contributed by atoms with Crippen molar-refractivity contribution in [3.8, 4) is 11.6 Å². The quantitative estimate of drug-likeness (QED) is 0.445. The summed E-state index contributed by atoms with van der Waals surface area (Å²) in [4.78, 5) is 8.08. The first kappa shape index (κ1) is 24.4. The molecule has 1 saturated heterocycles. The molecule has 1 atom stereocenters. The van der Waals surface area contributed by atoms with Gasteiger partial charge in [-0.1, -0.05) is 23.7 Å². The Morgan fingerprint density at radius 2 is 1.91 bits per heavy atom. The van der Waals surface area contributed by atoms with Gasteiger partial charge in [0.05, 0.1) is 23.7 Å². The van der Waals surface area contributed by atoms with Gasteiger partial charge < -0.3 is 4.74 Å². The first-order valence-electron chi connectivity index (χ1n) is 10.4. The van der Waals surface area contributed by atoms with Gasteiger partial charge in [0, 0.05) is 36.8 Å². The minimum atomic E-state index is -3.91. The average Bonchev–Trinajstić information content (AvgIpc) is 3.05. The molecule has 4 rings (SSSR count). The summed E-state index contributed by atoms with van der Waals surface area (Å²) in [6.45, 7) is 0.245. The van der Waals surface area contributed by atoms with Crippen LogP contribution in [0.15, 0.2) is 67.1 Å². The zero-order valence-electron chi connectivity index (χ0n) is 18.3. The highest BCUT2D eigenvalue weighted by Crippen LogP contribution is 2.39. The Kier molecular flexibility index (Phi) is 7.08. The fourth-order valence-corrected chi connectivity index (χ4v) is 6.36. The zero-order chi connectivity index (χ0) is 24.3. The molecule has 12 heteroatoms. The summed E-state index contributed by atoms with van der Waals surface area (Å²) in [5.74, 6) is 0.712. The molecule has 2 heterocycles. The first-order valence-corrected chi connectivity index (χ1v) is 14.2. The molecule has 1 aliphatic rings. The summed E-state index contributed by atoms with van der Waals surface area (Å²) in [6, 6.07) is 13.1. The average molecular weight is 523 g/mol. The van der Waals surface area contributed by atoms with Crippen LogP contribution >= 0.6 is 11.6 Å². The first-order chi connectivity index (χ1) is 16.1. The lowest BCUT2D eigenvalue weighted by Crippen LogP contribution is -2.34. The maximum atomic E-state index is 13.5. The number of ether oxygens (including phenoxy) is 1. The van der Waals surface area contributed by atoms with Crippen LogP contribution in [0.2, 0.25) is 5.02 Å². The predicted octanol–water partition coefficient (Wildman–Crippen LogP) is 3.47. The zero-order valence-corrected chi connectivity index (χ0v) is 20.7. The van der Waals surface area contributed by atoms with E-state index in [-0.39, 0.29) is 25.3 Å². The molecule has 0 N–H and O–H groups in total. The van der Waals surface area contributed by atoms with Gasteiger partial charge in [0.15, 0.2) is 0 Å². The number of benzene rings is 2. The summed E-state index contributed by atoms with van der Waals surface area (Å²) < 4.78 is 58.5. The van der Waals surface area contributed by atoms with Crippen molar-refractivity contribution >= 4 is 37.3 Å².